The second kappa shape index (κ2) is 11.5. The van der Waals surface area contributed by atoms with Crippen molar-refractivity contribution in [3.05, 3.63) is 60.2 Å². The lowest BCUT2D eigenvalue weighted by Crippen LogP contribution is -2.52. The van der Waals surface area contributed by atoms with Gasteiger partial charge in [0.15, 0.2) is 0 Å². The van der Waals surface area contributed by atoms with Crippen molar-refractivity contribution >= 4 is 17.6 Å². The molecule has 2 aromatic rings. The molecule has 1 heterocycles. The van der Waals surface area contributed by atoms with Gasteiger partial charge in [0.05, 0.1) is 44.0 Å². The zero-order valence-corrected chi connectivity index (χ0v) is 18.4. The van der Waals surface area contributed by atoms with Gasteiger partial charge >= 0.3 is 6.03 Å². The number of hydrogen-bond acceptors (Lipinski definition) is 5. The molecule has 1 fully saturated rings. The van der Waals surface area contributed by atoms with E-state index < -0.39 is 12.1 Å². The fraction of sp³-hybridized carbons (Fsp3) is 0.417. The molecular formula is C24H31N3O5. The van der Waals surface area contributed by atoms with E-state index in [0.717, 1.165) is 5.56 Å². The Balaban J connectivity index is 1.48. The van der Waals surface area contributed by atoms with Crippen LogP contribution in [0.15, 0.2) is 54.6 Å². The van der Waals surface area contributed by atoms with Gasteiger partial charge < -0.3 is 30.5 Å². The Morgan fingerprint density at radius 1 is 1.12 bits per heavy atom. The number of para-hydroxylation sites is 2. The smallest absolute Gasteiger partial charge is 0.319 e. The molecule has 8 nitrogen and oxygen atoms in total. The highest BCUT2D eigenvalue weighted by molar-refractivity contribution is 5.91. The van der Waals surface area contributed by atoms with Gasteiger partial charge in [-0.2, -0.15) is 0 Å². The molecule has 1 aliphatic heterocycles. The zero-order valence-electron chi connectivity index (χ0n) is 18.4. The maximum atomic E-state index is 12.5. The summed E-state index contributed by atoms with van der Waals surface area (Å²) in [6, 6.07) is 16.0. The lowest BCUT2D eigenvalue weighted by molar-refractivity contribution is -0.131. The highest BCUT2D eigenvalue weighted by atomic mass is 16.5. The minimum absolute atomic E-state index is 0.103. The molecule has 0 unspecified atom stereocenters. The van der Waals surface area contributed by atoms with Gasteiger partial charge in [0.1, 0.15) is 11.9 Å². The number of hydrogen-bond donors (Lipinski definition) is 4. The minimum Gasteiger partial charge on any atom is -0.495 e. The predicted molar refractivity (Wildman–Crippen MR) is 122 cm³/mol. The molecule has 0 saturated carbocycles. The van der Waals surface area contributed by atoms with Crippen molar-refractivity contribution in [2.45, 2.75) is 50.5 Å². The molecule has 32 heavy (non-hydrogen) atoms. The summed E-state index contributed by atoms with van der Waals surface area (Å²) in [6.45, 7) is 1.68. The Morgan fingerprint density at radius 3 is 2.56 bits per heavy atom. The van der Waals surface area contributed by atoms with E-state index in [-0.39, 0.29) is 37.1 Å². The Hall–Kier alpha value is -3.10. The number of aliphatic hydroxyl groups excluding tert-OH is 1. The highest BCUT2D eigenvalue weighted by Gasteiger charge is 2.33. The maximum absolute atomic E-state index is 12.5. The van der Waals surface area contributed by atoms with Gasteiger partial charge in [0.25, 0.3) is 0 Å². The first-order valence-corrected chi connectivity index (χ1v) is 10.8. The monoisotopic (exact) mass is 441 g/mol. The van der Waals surface area contributed by atoms with E-state index in [2.05, 4.69) is 16.0 Å². The number of methoxy groups -OCH3 is 1. The molecule has 0 radical (unpaired) electrons. The summed E-state index contributed by atoms with van der Waals surface area (Å²) in [5, 5.41) is 18.4. The first-order valence-electron chi connectivity index (χ1n) is 10.8. The van der Waals surface area contributed by atoms with Crippen molar-refractivity contribution in [1.29, 1.82) is 0 Å². The normalized spacial score (nSPS) is 21.3. The van der Waals surface area contributed by atoms with E-state index in [0.29, 0.717) is 24.3 Å². The average Bonchev–Trinajstić information content (AvgIpc) is 2.80. The molecule has 8 heteroatoms. The molecule has 4 N–H and O–H groups in total. The van der Waals surface area contributed by atoms with Crippen molar-refractivity contribution in [3.63, 3.8) is 0 Å². The topological polar surface area (TPSA) is 109 Å². The van der Waals surface area contributed by atoms with E-state index in [4.69, 9.17) is 9.47 Å². The van der Waals surface area contributed by atoms with Crippen LogP contribution in [0.25, 0.3) is 0 Å². The molecule has 3 rings (SSSR count). The summed E-state index contributed by atoms with van der Waals surface area (Å²) in [5.41, 5.74) is 1.58. The number of aliphatic hydroxyl groups is 1. The van der Waals surface area contributed by atoms with Crippen LogP contribution in [-0.2, 0) is 9.53 Å². The SMILES string of the molecule is COc1ccccc1NC(=O)N[C@@H]1CC[C@H](CC(=O)N[C@H](C)c2ccccc2)O[C@H]1CO. The van der Waals surface area contributed by atoms with Crippen LogP contribution in [0.1, 0.15) is 37.8 Å². The molecule has 172 valence electrons. The second-order valence-corrected chi connectivity index (χ2v) is 7.87. The fourth-order valence-corrected chi connectivity index (χ4v) is 3.85. The third-order valence-electron chi connectivity index (χ3n) is 5.56. The number of carbonyl (C=O) groups is 2. The second-order valence-electron chi connectivity index (χ2n) is 7.87. The van der Waals surface area contributed by atoms with Gasteiger partial charge in [-0.1, -0.05) is 42.5 Å². The fourth-order valence-electron chi connectivity index (χ4n) is 3.85. The van der Waals surface area contributed by atoms with Crippen LogP contribution in [0.4, 0.5) is 10.5 Å². The number of urea groups is 1. The molecule has 0 aliphatic carbocycles. The van der Waals surface area contributed by atoms with Crippen molar-refractivity contribution in [2.75, 3.05) is 19.0 Å². The third-order valence-corrected chi connectivity index (χ3v) is 5.56. The zero-order chi connectivity index (χ0) is 22.9. The third kappa shape index (κ3) is 6.45. The molecule has 1 aliphatic rings. The van der Waals surface area contributed by atoms with Crippen LogP contribution < -0.4 is 20.7 Å². The van der Waals surface area contributed by atoms with Crippen LogP contribution in [0.3, 0.4) is 0 Å². The highest BCUT2D eigenvalue weighted by Crippen LogP contribution is 2.25. The summed E-state index contributed by atoms with van der Waals surface area (Å²) in [6.07, 6.45) is 0.496. The first-order chi connectivity index (χ1) is 15.5. The molecule has 4 atom stereocenters. The standard InChI is InChI=1S/C24H31N3O5/c1-16(17-8-4-3-5-9-17)25-23(29)14-18-12-13-20(22(15-28)32-18)27-24(30)26-19-10-6-7-11-21(19)31-2/h3-11,16,18,20,22,28H,12-15H2,1-2H3,(H,25,29)(H2,26,27,30)/t16-,18-,20-,22+/m1/s1. The number of ether oxygens (including phenoxy) is 2. The number of rotatable bonds is 8. The summed E-state index contributed by atoms with van der Waals surface area (Å²) in [4.78, 5) is 24.9. The van der Waals surface area contributed by atoms with E-state index in [1.807, 2.05) is 43.3 Å². The summed E-state index contributed by atoms with van der Waals surface area (Å²) < 4.78 is 11.2. The molecular weight excluding hydrogens is 410 g/mol. The largest absolute Gasteiger partial charge is 0.495 e. The Kier molecular flexibility index (Phi) is 8.47. The van der Waals surface area contributed by atoms with Gasteiger partial charge in [0, 0.05) is 0 Å². The molecule has 3 amide bonds. The van der Waals surface area contributed by atoms with E-state index in [1.54, 1.807) is 18.2 Å². The predicted octanol–water partition coefficient (Wildman–Crippen LogP) is 2.99. The maximum Gasteiger partial charge on any atom is 0.319 e. The van der Waals surface area contributed by atoms with Crippen LogP contribution in [0.5, 0.6) is 5.75 Å². The average molecular weight is 442 g/mol. The summed E-state index contributed by atoms with van der Waals surface area (Å²) in [7, 11) is 1.53. The van der Waals surface area contributed by atoms with Crippen molar-refractivity contribution in [3.8, 4) is 5.75 Å². The van der Waals surface area contributed by atoms with E-state index in [9.17, 15) is 14.7 Å². The first kappa shape index (κ1) is 23.6. The molecule has 0 bridgehead atoms. The Labute approximate surface area is 188 Å². The van der Waals surface area contributed by atoms with Gasteiger partial charge in [-0.3, -0.25) is 4.79 Å². The van der Waals surface area contributed by atoms with Crippen molar-refractivity contribution in [2.24, 2.45) is 0 Å². The Morgan fingerprint density at radius 2 is 1.84 bits per heavy atom. The van der Waals surface area contributed by atoms with Crippen LogP contribution in [-0.4, -0.2) is 49.0 Å². The van der Waals surface area contributed by atoms with Crippen LogP contribution >= 0.6 is 0 Å². The van der Waals surface area contributed by atoms with Crippen molar-refractivity contribution in [1.82, 2.24) is 10.6 Å². The number of carbonyl (C=O) groups excluding carboxylic acids is 2. The Bertz CT molecular complexity index is 892. The van der Waals surface area contributed by atoms with Gasteiger partial charge in [-0.15, -0.1) is 0 Å². The van der Waals surface area contributed by atoms with Crippen LogP contribution in [0, 0.1) is 0 Å². The van der Waals surface area contributed by atoms with Gasteiger partial charge in [-0.05, 0) is 37.5 Å². The van der Waals surface area contributed by atoms with E-state index >= 15 is 0 Å². The quantitative estimate of drug-likeness (QED) is 0.504. The minimum atomic E-state index is -0.587. The number of nitrogens with one attached hydrogen (secondary N) is 3. The lowest BCUT2D eigenvalue weighted by Gasteiger charge is -2.36. The van der Waals surface area contributed by atoms with Crippen LogP contribution in [0.2, 0.25) is 0 Å². The summed E-state index contributed by atoms with van der Waals surface area (Å²) >= 11 is 0. The number of anilines is 1. The summed E-state index contributed by atoms with van der Waals surface area (Å²) in [5.74, 6) is 0.445. The van der Waals surface area contributed by atoms with Gasteiger partial charge in [-0.25, -0.2) is 4.79 Å². The lowest BCUT2D eigenvalue weighted by atomic mass is 9.97. The molecule has 1 saturated heterocycles. The van der Waals surface area contributed by atoms with Crippen molar-refractivity contribution < 1.29 is 24.2 Å². The van der Waals surface area contributed by atoms with Gasteiger partial charge in [0.2, 0.25) is 5.91 Å². The number of amides is 3. The molecule has 0 aromatic heterocycles. The number of benzene rings is 2. The van der Waals surface area contributed by atoms with E-state index in [1.165, 1.54) is 7.11 Å². The molecule has 0 spiro atoms. The molecule has 2 aromatic carbocycles.